The summed E-state index contributed by atoms with van der Waals surface area (Å²) in [4.78, 5) is 30.5. The van der Waals surface area contributed by atoms with Crippen LogP contribution in [0.2, 0.25) is 0 Å². The van der Waals surface area contributed by atoms with Gasteiger partial charge in [0.1, 0.15) is 4.21 Å². The maximum absolute atomic E-state index is 13.2. The highest BCUT2D eigenvalue weighted by Crippen LogP contribution is 2.32. The molecule has 0 unspecified atom stereocenters. The first-order valence-corrected chi connectivity index (χ1v) is 13.4. The number of aromatic nitrogens is 1. The van der Waals surface area contributed by atoms with Gasteiger partial charge in [0.2, 0.25) is 9.84 Å². The van der Waals surface area contributed by atoms with Crippen LogP contribution in [0.4, 0.5) is 9.93 Å². The number of hydrogen-bond acceptors (Lipinski definition) is 6. The van der Waals surface area contributed by atoms with Crippen LogP contribution in [0.1, 0.15) is 52.0 Å². The van der Waals surface area contributed by atoms with Crippen molar-refractivity contribution >= 4 is 38.3 Å². The molecule has 1 saturated carbocycles. The van der Waals surface area contributed by atoms with Crippen molar-refractivity contribution < 1.29 is 23.1 Å². The fraction of sp³-hybridized carbons (Fsp3) is 0.522. The van der Waals surface area contributed by atoms with Crippen molar-refractivity contribution in [3.8, 4) is 0 Å². The molecule has 0 bridgehead atoms. The smallest absolute Gasteiger partial charge is 0.324 e. The summed E-state index contributed by atoms with van der Waals surface area (Å²) in [7, 11) is -4.15. The number of carboxylic acid groups (broad SMARTS) is 1. The van der Waals surface area contributed by atoms with E-state index in [1.165, 1.54) is 0 Å². The molecule has 3 rings (SSSR count). The van der Waals surface area contributed by atoms with E-state index in [0.29, 0.717) is 18.9 Å². The molecule has 0 spiro atoms. The molecule has 1 aromatic carbocycles. The Morgan fingerprint density at radius 2 is 1.82 bits per heavy atom. The number of hydrogen-bond donors (Lipinski definition) is 2. The van der Waals surface area contributed by atoms with Gasteiger partial charge in [0, 0.05) is 12.6 Å². The summed E-state index contributed by atoms with van der Waals surface area (Å²) >= 11 is 0.770. The molecular weight excluding hydrogens is 462 g/mol. The Morgan fingerprint density at radius 3 is 2.42 bits per heavy atom. The summed E-state index contributed by atoms with van der Waals surface area (Å²) in [5, 5.41) is 12.2. The van der Waals surface area contributed by atoms with Crippen LogP contribution < -0.4 is 5.32 Å². The molecular formula is C23H31N3O5S2. The third-order valence-corrected chi connectivity index (χ3v) is 10.1. The van der Waals surface area contributed by atoms with Gasteiger partial charge in [-0.25, -0.2) is 18.2 Å². The van der Waals surface area contributed by atoms with Crippen molar-refractivity contribution in [1.82, 2.24) is 9.88 Å². The van der Waals surface area contributed by atoms with Gasteiger partial charge < -0.3 is 10.0 Å². The van der Waals surface area contributed by atoms with Crippen LogP contribution in [0.3, 0.4) is 0 Å². The number of thiazole rings is 1. The van der Waals surface area contributed by atoms with E-state index >= 15 is 0 Å². The molecule has 2 aromatic rings. The van der Waals surface area contributed by atoms with Crippen molar-refractivity contribution in [3.05, 3.63) is 42.1 Å². The van der Waals surface area contributed by atoms with Crippen molar-refractivity contribution in [1.29, 1.82) is 0 Å². The Hall–Kier alpha value is -2.46. The van der Waals surface area contributed by atoms with E-state index in [-0.39, 0.29) is 21.4 Å². The van der Waals surface area contributed by atoms with E-state index < -0.39 is 20.6 Å². The second kappa shape index (κ2) is 10.2. The number of benzene rings is 1. The van der Waals surface area contributed by atoms with Gasteiger partial charge in [-0.05, 0) is 57.4 Å². The summed E-state index contributed by atoms with van der Waals surface area (Å²) in [6, 6.07) is 9.75. The standard InChI is InChI=1S/C23H31N3O5S2/c1-16-9-11-18(12-10-16)26(14-13-17-7-5-4-6-8-17)22(29)25-21-24-15-19(32-21)33(30,31)23(2,3)20(27)28/h4-8,15-16,18H,9-14H2,1-3H3,(H,27,28)(H,24,25,29)/t16-,18-. The predicted octanol–water partition coefficient (Wildman–Crippen LogP) is 4.44. The minimum Gasteiger partial charge on any atom is -0.480 e. The molecule has 0 atom stereocenters. The van der Waals surface area contributed by atoms with Gasteiger partial charge in [0.05, 0.1) is 6.20 Å². The average Bonchev–Trinajstić information content (AvgIpc) is 3.25. The third-order valence-electron chi connectivity index (χ3n) is 6.32. The summed E-state index contributed by atoms with van der Waals surface area (Å²) < 4.78 is 23.3. The SMILES string of the molecule is CC(C)(C(=O)O)S(=O)(=O)c1cnc(NC(=O)N(CCc2ccccc2)[C@H]2CC[C@H](C)CC2)s1. The van der Waals surface area contributed by atoms with E-state index in [9.17, 15) is 23.1 Å². The zero-order valence-electron chi connectivity index (χ0n) is 19.2. The lowest BCUT2D eigenvalue weighted by molar-refractivity contribution is -0.139. The molecule has 8 nitrogen and oxygen atoms in total. The van der Waals surface area contributed by atoms with E-state index in [4.69, 9.17) is 0 Å². The Balaban J connectivity index is 1.76. The van der Waals surface area contributed by atoms with E-state index in [2.05, 4.69) is 17.2 Å². The van der Waals surface area contributed by atoms with Crippen LogP contribution in [0, 0.1) is 5.92 Å². The molecule has 0 saturated heterocycles. The van der Waals surface area contributed by atoms with Crippen LogP contribution in [0.5, 0.6) is 0 Å². The lowest BCUT2D eigenvalue weighted by atomic mass is 9.86. The second-order valence-electron chi connectivity index (χ2n) is 9.08. The number of carboxylic acids is 1. The molecule has 1 aliphatic rings. The molecule has 1 fully saturated rings. The van der Waals surface area contributed by atoms with Crippen molar-refractivity contribution in [2.75, 3.05) is 11.9 Å². The maximum atomic E-state index is 13.2. The summed E-state index contributed by atoms with van der Waals surface area (Å²) in [6.07, 6.45) is 5.79. The largest absolute Gasteiger partial charge is 0.480 e. The third kappa shape index (κ3) is 5.73. The molecule has 1 aliphatic carbocycles. The van der Waals surface area contributed by atoms with Gasteiger partial charge in [-0.1, -0.05) is 48.6 Å². The number of carbonyl (C=O) groups is 2. The lowest BCUT2D eigenvalue weighted by Crippen LogP contribution is -2.45. The number of rotatable bonds is 8. The molecule has 2 N–H and O–H groups in total. The quantitative estimate of drug-likeness (QED) is 0.562. The molecule has 33 heavy (non-hydrogen) atoms. The highest BCUT2D eigenvalue weighted by atomic mass is 32.2. The van der Waals surface area contributed by atoms with Gasteiger partial charge in [-0.2, -0.15) is 0 Å². The summed E-state index contributed by atoms with van der Waals surface area (Å²) in [5.41, 5.74) is 1.14. The minimum absolute atomic E-state index is 0.110. The Morgan fingerprint density at radius 1 is 1.18 bits per heavy atom. The number of sulfone groups is 1. The number of nitrogens with one attached hydrogen (secondary N) is 1. The van der Waals surface area contributed by atoms with E-state index in [0.717, 1.165) is 62.6 Å². The number of aliphatic carboxylic acids is 1. The highest BCUT2D eigenvalue weighted by molar-refractivity contribution is 7.95. The molecule has 10 heteroatoms. The molecule has 0 radical (unpaired) electrons. The lowest BCUT2D eigenvalue weighted by Gasteiger charge is -2.36. The first-order valence-electron chi connectivity index (χ1n) is 11.1. The normalized spacial score (nSPS) is 19.1. The van der Waals surface area contributed by atoms with Crippen LogP contribution in [0.15, 0.2) is 40.7 Å². The van der Waals surface area contributed by atoms with Crippen LogP contribution in [-0.4, -0.2) is 52.7 Å². The first-order chi connectivity index (χ1) is 15.5. The van der Waals surface area contributed by atoms with Crippen molar-refractivity contribution in [3.63, 3.8) is 0 Å². The number of nitrogens with zero attached hydrogens (tertiary/aromatic N) is 2. The van der Waals surface area contributed by atoms with Crippen LogP contribution >= 0.6 is 11.3 Å². The molecule has 1 aromatic heterocycles. The van der Waals surface area contributed by atoms with Crippen LogP contribution in [-0.2, 0) is 21.1 Å². The van der Waals surface area contributed by atoms with Gasteiger partial charge in [-0.3, -0.25) is 10.1 Å². The maximum Gasteiger partial charge on any atom is 0.324 e. The Labute approximate surface area is 199 Å². The second-order valence-corrected chi connectivity index (χ2v) is 12.8. The van der Waals surface area contributed by atoms with Gasteiger partial charge in [0.15, 0.2) is 9.88 Å². The number of urea groups is 1. The average molecular weight is 494 g/mol. The van der Waals surface area contributed by atoms with Crippen LogP contribution in [0.25, 0.3) is 0 Å². The zero-order valence-corrected chi connectivity index (χ0v) is 20.8. The fourth-order valence-electron chi connectivity index (χ4n) is 3.87. The zero-order chi connectivity index (χ0) is 24.2. The van der Waals surface area contributed by atoms with Gasteiger partial charge in [-0.15, -0.1) is 0 Å². The van der Waals surface area contributed by atoms with Crippen molar-refractivity contribution in [2.45, 2.75) is 67.9 Å². The summed E-state index contributed by atoms with van der Waals surface area (Å²) in [5.74, 6) is -0.801. The first kappa shape index (κ1) is 25.2. The monoisotopic (exact) mass is 493 g/mol. The Bertz CT molecular complexity index is 1070. The molecule has 1 heterocycles. The number of anilines is 1. The van der Waals surface area contributed by atoms with E-state index in [1.54, 1.807) is 0 Å². The molecule has 0 aliphatic heterocycles. The Kier molecular flexibility index (Phi) is 7.79. The van der Waals surface area contributed by atoms with Crippen molar-refractivity contribution in [2.24, 2.45) is 5.92 Å². The van der Waals surface area contributed by atoms with E-state index in [1.807, 2.05) is 35.2 Å². The number of carbonyl (C=O) groups excluding carboxylic acids is 1. The van der Waals surface area contributed by atoms with Gasteiger partial charge in [0.25, 0.3) is 0 Å². The van der Waals surface area contributed by atoms with Gasteiger partial charge >= 0.3 is 12.0 Å². The highest BCUT2D eigenvalue weighted by Gasteiger charge is 2.44. The minimum atomic E-state index is -4.15. The molecule has 180 valence electrons. The summed E-state index contributed by atoms with van der Waals surface area (Å²) in [6.45, 7) is 5.04. The fourth-order valence-corrected chi connectivity index (χ4v) is 6.63. The topological polar surface area (TPSA) is 117 Å². The molecule has 2 amide bonds. The predicted molar refractivity (Wildman–Crippen MR) is 128 cm³/mol. The number of amides is 2.